The van der Waals surface area contributed by atoms with Crippen LogP contribution in [0.3, 0.4) is 0 Å². The number of alkyl halides is 1. The minimum Gasteiger partial charge on any atom is -0.278 e. The minimum atomic E-state index is 0.613. The zero-order valence-electron chi connectivity index (χ0n) is 7.15. The fraction of sp³-hybridized carbons (Fsp3) is 0.875. The molecule has 0 aromatic carbocycles. The first-order valence-electron chi connectivity index (χ1n) is 4.58. The lowest BCUT2D eigenvalue weighted by Crippen LogP contribution is -2.57. The molecule has 0 radical (unpaired) electrons. The molecule has 0 saturated carbocycles. The monoisotopic (exact) mass is 232 g/mol. The van der Waals surface area contributed by atoms with Gasteiger partial charge < -0.3 is 0 Å². The summed E-state index contributed by atoms with van der Waals surface area (Å²) in [5.74, 6) is 1.25. The predicted molar refractivity (Wildman–Crippen MR) is 53.0 cm³/mol. The highest BCUT2D eigenvalue weighted by Crippen LogP contribution is 2.04. The normalized spacial score (nSPS) is 28.9. The Morgan fingerprint density at radius 2 is 2.42 bits per heavy atom. The molecule has 0 amide bonds. The van der Waals surface area contributed by atoms with Crippen LogP contribution in [-0.2, 0) is 0 Å². The summed E-state index contributed by atoms with van der Waals surface area (Å²) in [4.78, 5) is 0. The topological polar surface area (TPSA) is 27.1 Å². The third-order valence-corrected chi connectivity index (χ3v) is 3.27. The molecule has 3 nitrogen and oxygen atoms in total. The SMILES string of the molecule is BrC[C@@H]1CC[N+]2=C(NCCC2)N1. The van der Waals surface area contributed by atoms with E-state index in [1.54, 1.807) is 0 Å². The van der Waals surface area contributed by atoms with Crippen LogP contribution in [0.4, 0.5) is 0 Å². The summed E-state index contributed by atoms with van der Waals surface area (Å²) >= 11 is 3.51. The summed E-state index contributed by atoms with van der Waals surface area (Å²) in [5, 5.41) is 7.93. The zero-order valence-corrected chi connectivity index (χ0v) is 8.73. The van der Waals surface area contributed by atoms with E-state index in [4.69, 9.17) is 0 Å². The van der Waals surface area contributed by atoms with E-state index in [0.29, 0.717) is 6.04 Å². The van der Waals surface area contributed by atoms with Gasteiger partial charge in [0.05, 0.1) is 25.7 Å². The van der Waals surface area contributed by atoms with Crippen molar-refractivity contribution in [3.8, 4) is 0 Å². The molecule has 4 heteroatoms. The third kappa shape index (κ3) is 1.58. The van der Waals surface area contributed by atoms with Crippen LogP contribution in [0.1, 0.15) is 12.8 Å². The highest BCUT2D eigenvalue weighted by Gasteiger charge is 2.26. The molecule has 0 aromatic rings. The van der Waals surface area contributed by atoms with Crippen molar-refractivity contribution in [1.29, 1.82) is 0 Å². The van der Waals surface area contributed by atoms with Gasteiger partial charge in [0.1, 0.15) is 0 Å². The van der Waals surface area contributed by atoms with Gasteiger partial charge in [-0.1, -0.05) is 15.9 Å². The zero-order chi connectivity index (χ0) is 8.39. The number of halogens is 1. The maximum absolute atomic E-state index is 3.51. The Labute approximate surface area is 81.4 Å². The fourth-order valence-electron chi connectivity index (χ4n) is 1.76. The van der Waals surface area contributed by atoms with Crippen LogP contribution >= 0.6 is 15.9 Å². The highest BCUT2D eigenvalue weighted by atomic mass is 79.9. The quantitative estimate of drug-likeness (QED) is 0.496. The van der Waals surface area contributed by atoms with E-state index in [2.05, 4.69) is 31.1 Å². The van der Waals surface area contributed by atoms with Gasteiger partial charge in [0, 0.05) is 18.2 Å². The van der Waals surface area contributed by atoms with Crippen molar-refractivity contribution in [2.75, 3.05) is 25.0 Å². The van der Waals surface area contributed by atoms with Crippen LogP contribution in [0.25, 0.3) is 0 Å². The van der Waals surface area contributed by atoms with Gasteiger partial charge in [0.2, 0.25) is 0 Å². The summed E-state index contributed by atoms with van der Waals surface area (Å²) in [7, 11) is 0. The molecule has 2 heterocycles. The van der Waals surface area contributed by atoms with Crippen LogP contribution < -0.4 is 10.6 Å². The molecule has 0 aromatic heterocycles. The Hall–Kier alpha value is -0.250. The highest BCUT2D eigenvalue weighted by molar-refractivity contribution is 9.09. The number of nitrogens with zero attached hydrogens (tertiary/aromatic N) is 1. The van der Waals surface area contributed by atoms with E-state index in [9.17, 15) is 0 Å². The van der Waals surface area contributed by atoms with Crippen LogP contribution in [0.2, 0.25) is 0 Å². The maximum atomic E-state index is 3.51. The van der Waals surface area contributed by atoms with E-state index < -0.39 is 0 Å². The molecule has 2 rings (SSSR count). The summed E-state index contributed by atoms with van der Waals surface area (Å²) in [6, 6.07) is 0.613. The molecule has 0 aliphatic carbocycles. The van der Waals surface area contributed by atoms with Crippen LogP contribution in [0, 0.1) is 0 Å². The lowest BCUT2D eigenvalue weighted by molar-refractivity contribution is -0.541. The molecule has 0 fully saturated rings. The second-order valence-corrected chi connectivity index (χ2v) is 4.05. The average Bonchev–Trinajstić information content (AvgIpc) is 2.17. The van der Waals surface area contributed by atoms with Crippen molar-refractivity contribution in [2.45, 2.75) is 18.9 Å². The number of nitrogens with one attached hydrogen (secondary N) is 2. The lowest BCUT2D eigenvalue weighted by atomic mass is 10.2. The van der Waals surface area contributed by atoms with E-state index in [0.717, 1.165) is 11.9 Å². The first-order valence-corrected chi connectivity index (χ1v) is 5.70. The van der Waals surface area contributed by atoms with Gasteiger partial charge in [-0.15, -0.1) is 0 Å². The van der Waals surface area contributed by atoms with Crippen LogP contribution in [0.5, 0.6) is 0 Å². The van der Waals surface area contributed by atoms with Crippen molar-refractivity contribution >= 4 is 21.9 Å². The predicted octanol–water partition coefficient (Wildman–Crippen LogP) is 0.105. The molecule has 12 heavy (non-hydrogen) atoms. The Bertz CT molecular complexity index is 202. The summed E-state index contributed by atoms with van der Waals surface area (Å²) in [6.07, 6.45) is 2.51. The maximum Gasteiger partial charge on any atom is 0.346 e. The van der Waals surface area contributed by atoms with Crippen LogP contribution in [-0.4, -0.2) is 41.5 Å². The minimum absolute atomic E-state index is 0.613. The first-order chi connectivity index (χ1) is 5.90. The Morgan fingerprint density at radius 1 is 1.50 bits per heavy atom. The van der Waals surface area contributed by atoms with Gasteiger partial charge in [0.15, 0.2) is 0 Å². The van der Waals surface area contributed by atoms with Gasteiger partial charge in [-0.2, -0.15) is 0 Å². The lowest BCUT2D eigenvalue weighted by Gasteiger charge is -2.26. The standard InChI is InChI=1S/C8H14BrN3/c9-6-7-2-5-12-4-1-3-10-8(12)11-7/h7H,1-6H2,(H,10,11)/p+1/t7-/m0/s1. The number of hydrogen-bond donors (Lipinski definition) is 2. The van der Waals surface area contributed by atoms with E-state index in [1.807, 2.05) is 0 Å². The number of hydrogen-bond acceptors (Lipinski definition) is 2. The molecular formula is C8H15BrN3+. The summed E-state index contributed by atoms with van der Waals surface area (Å²) in [5.41, 5.74) is 0. The van der Waals surface area contributed by atoms with Crippen molar-refractivity contribution < 1.29 is 4.58 Å². The molecule has 0 unspecified atom stereocenters. The van der Waals surface area contributed by atoms with E-state index in [-0.39, 0.29) is 0 Å². The Balaban J connectivity index is 2.05. The Kier molecular flexibility index (Phi) is 2.54. The smallest absolute Gasteiger partial charge is 0.278 e. The first kappa shape index (κ1) is 8.35. The van der Waals surface area contributed by atoms with Gasteiger partial charge in [-0.25, -0.2) is 0 Å². The summed E-state index contributed by atoms with van der Waals surface area (Å²) < 4.78 is 2.41. The fourth-order valence-corrected chi connectivity index (χ4v) is 2.24. The average molecular weight is 233 g/mol. The van der Waals surface area contributed by atoms with Gasteiger partial charge in [-0.3, -0.25) is 15.2 Å². The van der Waals surface area contributed by atoms with Crippen molar-refractivity contribution in [3.63, 3.8) is 0 Å². The van der Waals surface area contributed by atoms with Crippen molar-refractivity contribution in [1.82, 2.24) is 10.6 Å². The van der Waals surface area contributed by atoms with Crippen molar-refractivity contribution in [2.24, 2.45) is 0 Å². The molecule has 0 saturated heterocycles. The molecule has 0 bridgehead atoms. The summed E-state index contributed by atoms with van der Waals surface area (Å²) in [6.45, 7) is 3.53. The van der Waals surface area contributed by atoms with Gasteiger partial charge in [-0.05, 0) is 0 Å². The number of guanidine groups is 1. The molecule has 68 valence electrons. The van der Waals surface area contributed by atoms with E-state index in [1.165, 1.54) is 31.9 Å². The Morgan fingerprint density at radius 3 is 3.25 bits per heavy atom. The molecule has 2 aliphatic heterocycles. The molecule has 2 N–H and O–H groups in total. The van der Waals surface area contributed by atoms with Gasteiger partial charge >= 0.3 is 5.96 Å². The molecule has 2 aliphatic rings. The third-order valence-electron chi connectivity index (χ3n) is 2.49. The van der Waals surface area contributed by atoms with Gasteiger partial charge in [0.25, 0.3) is 0 Å². The largest absolute Gasteiger partial charge is 0.346 e. The van der Waals surface area contributed by atoms with Crippen molar-refractivity contribution in [3.05, 3.63) is 0 Å². The molecule has 0 spiro atoms. The molecular weight excluding hydrogens is 218 g/mol. The number of rotatable bonds is 1. The molecule has 1 atom stereocenters. The van der Waals surface area contributed by atoms with Crippen LogP contribution in [0.15, 0.2) is 0 Å². The van der Waals surface area contributed by atoms with E-state index >= 15 is 0 Å². The second kappa shape index (κ2) is 3.64. The second-order valence-electron chi connectivity index (χ2n) is 3.40.